The van der Waals surface area contributed by atoms with Crippen LogP contribution >= 0.6 is 0 Å². The summed E-state index contributed by atoms with van der Waals surface area (Å²) in [6.07, 6.45) is 0.677. The van der Waals surface area contributed by atoms with Crippen LogP contribution in [0.15, 0.2) is 12.1 Å². The van der Waals surface area contributed by atoms with Gasteiger partial charge in [0.25, 0.3) is 0 Å². The van der Waals surface area contributed by atoms with Gasteiger partial charge in [-0.3, -0.25) is 14.9 Å². The van der Waals surface area contributed by atoms with Crippen LogP contribution in [0.2, 0.25) is 0 Å². The normalized spacial score (nSPS) is 22.4. The van der Waals surface area contributed by atoms with Crippen molar-refractivity contribution in [1.29, 1.82) is 0 Å². The van der Waals surface area contributed by atoms with E-state index in [1.165, 1.54) is 12.1 Å². The number of nitrogens with zero attached hydrogens (tertiary/aromatic N) is 1. The second-order valence-electron chi connectivity index (χ2n) is 5.40. The van der Waals surface area contributed by atoms with Crippen molar-refractivity contribution in [3.8, 4) is 5.75 Å². The number of ether oxygens (including phenoxy) is 2. The molecule has 1 aromatic rings. The molecule has 0 spiro atoms. The third kappa shape index (κ3) is 3.01. The lowest BCUT2D eigenvalue weighted by atomic mass is 10.1. The third-order valence-corrected chi connectivity index (χ3v) is 3.81. The standard InChI is InChI=1S/C14H15FN2O5/c15-10-3-8(13-9(4-10)6-21-7-22-13)1-2-16-14(18)11-5-12(11)17(19)20/h3-4,11-12H,1-2,5-7H2,(H,16,18). The summed E-state index contributed by atoms with van der Waals surface area (Å²) in [4.78, 5) is 21.8. The van der Waals surface area contributed by atoms with Crippen molar-refractivity contribution < 1.29 is 23.6 Å². The highest BCUT2D eigenvalue weighted by atomic mass is 19.1. The van der Waals surface area contributed by atoms with Gasteiger partial charge in [0.1, 0.15) is 17.5 Å². The van der Waals surface area contributed by atoms with Gasteiger partial charge in [-0.25, -0.2) is 4.39 Å². The highest BCUT2D eigenvalue weighted by molar-refractivity contribution is 5.81. The zero-order valence-corrected chi connectivity index (χ0v) is 11.7. The predicted octanol–water partition coefficient (Wildman–Crippen LogP) is 1.02. The number of rotatable bonds is 5. The molecule has 1 N–H and O–H groups in total. The molecule has 1 aliphatic heterocycles. The smallest absolute Gasteiger partial charge is 0.230 e. The first kappa shape index (κ1) is 14.7. The highest BCUT2D eigenvalue weighted by Gasteiger charge is 2.53. The van der Waals surface area contributed by atoms with E-state index in [-0.39, 0.29) is 31.5 Å². The molecule has 2 atom stereocenters. The number of nitrogens with one attached hydrogen (secondary N) is 1. The summed E-state index contributed by atoms with van der Waals surface area (Å²) in [6, 6.07) is 1.97. The number of benzene rings is 1. The van der Waals surface area contributed by atoms with Gasteiger partial charge in [0.15, 0.2) is 6.79 Å². The molecule has 2 aliphatic rings. The van der Waals surface area contributed by atoms with Gasteiger partial charge in [-0.05, 0) is 24.1 Å². The van der Waals surface area contributed by atoms with Crippen LogP contribution in [0, 0.1) is 21.8 Å². The van der Waals surface area contributed by atoms with E-state index in [1.54, 1.807) is 0 Å². The Hall–Kier alpha value is -2.22. The van der Waals surface area contributed by atoms with Crippen LogP contribution in [0.3, 0.4) is 0 Å². The zero-order valence-electron chi connectivity index (χ0n) is 11.7. The van der Waals surface area contributed by atoms with Crippen molar-refractivity contribution in [2.75, 3.05) is 13.3 Å². The molecule has 0 aromatic heterocycles. The van der Waals surface area contributed by atoms with Gasteiger partial charge < -0.3 is 14.8 Å². The fourth-order valence-corrected chi connectivity index (χ4v) is 2.59. The summed E-state index contributed by atoms with van der Waals surface area (Å²) < 4.78 is 24.0. The van der Waals surface area contributed by atoms with Gasteiger partial charge >= 0.3 is 0 Å². The number of carbonyl (C=O) groups excluding carboxylic acids is 1. The summed E-state index contributed by atoms with van der Waals surface area (Å²) in [5.74, 6) is -0.654. The number of hydrogen-bond acceptors (Lipinski definition) is 5. The third-order valence-electron chi connectivity index (χ3n) is 3.81. The fourth-order valence-electron chi connectivity index (χ4n) is 2.59. The average molecular weight is 310 g/mol. The van der Waals surface area contributed by atoms with Gasteiger partial charge in [-0.1, -0.05) is 0 Å². The number of hydrogen-bond donors (Lipinski definition) is 1. The molecule has 3 rings (SSSR count). The molecule has 0 radical (unpaired) electrons. The molecule has 118 valence electrons. The van der Waals surface area contributed by atoms with E-state index in [9.17, 15) is 19.3 Å². The van der Waals surface area contributed by atoms with Crippen molar-refractivity contribution >= 4 is 5.91 Å². The largest absolute Gasteiger partial charge is 0.467 e. The predicted molar refractivity (Wildman–Crippen MR) is 72.3 cm³/mol. The maximum atomic E-state index is 13.5. The van der Waals surface area contributed by atoms with E-state index in [4.69, 9.17) is 9.47 Å². The van der Waals surface area contributed by atoms with Gasteiger partial charge in [0, 0.05) is 23.5 Å². The fraction of sp³-hybridized carbons (Fsp3) is 0.500. The number of carbonyl (C=O) groups is 1. The summed E-state index contributed by atoms with van der Waals surface area (Å²) in [6.45, 7) is 0.684. The molecule has 2 unspecified atom stereocenters. The summed E-state index contributed by atoms with van der Waals surface area (Å²) >= 11 is 0. The van der Waals surface area contributed by atoms with Crippen LogP contribution in [0.25, 0.3) is 0 Å². The van der Waals surface area contributed by atoms with Crippen LogP contribution in [0.5, 0.6) is 5.75 Å². The van der Waals surface area contributed by atoms with E-state index < -0.39 is 16.9 Å². The molecule has 8 heteroatoms. The van der Waals surface area contributed by atoms with Gasteiger partial charge in [0.2, 0.25) is 11.9 Å². The summed E-state index contributed by atoms with van der Waals surface area (Å²) in [5, 5.41) is 13.2. The van der Waals surface area contributed by atoms with E-state index >= 15 is 0 Å². The SMILES string of the molecule is O=C(NCCc1cc(F)cc2c1OCOC2)C1CC1[N+](=O)[O-]. The Morgan fingerprint density at radius 3 is 3.05 bits per heavy atom. The Kier molecular flexibility index (Phi) is 3.93. The van der Waals surface area contributed by atoms with E-state index in [0.717, 1.165) is 0 Å². The molecular formula is C14H15FN2O5. The van der Waals surface area contributed by atoms with Crippen LogP contribution in [0.4, 0.5) is 4.39 Å². The minimum Gasteiger partial charge on any atom is -0.467 e. The lowest BCUT2D eigenvalue weighted by Crippen LogP contribution is -2.29. The molecule has 0 bridgehead atoms. The first-order valence-corrected chi connectivity index (χ1v) is 6.99. The second kappa shape index (κ2) is 5.88. The van der Waals surface area contributed by atoms with Gasteiger partial charge in [-0.2, -0.15) is 0 Å². The molecule has 1 aliphatic carbocycles. The molecule has 1 saturated carbocycles. The zero-order chi connectivity index (χ0) is 15.7. The number of fused-ring (bicyclic) bond motifs is 1. The Balaban J connectivity index is 1.57. The second-order valence-corrected chi connectivity index (χ2v) is 5.40. The van der Waals surface area contributed by atoms with E-state index in [1.807, 2.05) is 0 Å². The molecule has 1 aromatic carbocycles. The highest BCUT2D eigenvalue weighted by Crippen LogP contribution is 2.33. The maximum absolute atomic E-state index is 13.5. The first-order valence-electron chi connectivity index (χ1n) is 6.99. The molecule has 1 amide bonds. The molecule has 0 saturated heterocycles. The average Bonchev–Trinajstić information content (AvgIpc) is 3.27. The first-order chi connectivity index (χ1) is 10.6. The van der Waals surface area contributed by atoms with Crippen molar-refractivity contribution in [3.05, 3.63) is 39.2 Å². The molecule has 1 heterocycles. The summed E-state index contributed by atoms with van der Waals surface area (Å²) in [7, 11) is 0. The monoisotopic (exact) mass is 310 g/mol. The number of halogens is 1. The Morgan fingerprint density at radius 2 is 2.32 bits per heavy atom. The van der Waals surface area contributed by atoms with E-state index in [0.29, 0.717) is 29.9 Å². The van der Waals surface area contributed by atoms with Crippen LogP contribution in [-0.4, -0.2) is 30.2 Å². The number of amides is 1. The molecular weight excluding hydrogens is 295 g/mol. The maximum Gasteiger partial charge on any atom is 0.230 e. The van der Waals surface area contributed by atoms with Crippen LogP contribution < -0.4 is 10.1 Å². The molecule has 22 heavy (non-hydrogen) atoms. The van der Waals surface area contributed by atoms with Gasteiger partial charge in [-0.15, -0.1) is 0 Å². The molecule has 1 fully saturated rings. The van der Waals surface area contributed by atoms with E-state index in [2.05, 4.69) is 5.32 Å². The number of nitro groups is 1. The Bertz CT molecular complexity index is 621. The van der Waals surface area contributed by atoms with Crippen LogP contribution in [-0.2, 0) is 22.6 Å². The lowest BCUT2D eigenvalue weighted by molar-refractivity contribution is -0.497. The van der Waals surface area contributed by atoms with Crippen molar-refractivity contribution in [2.45, 2.75) is 25.5 Å². The minimum absolute atomic E-state index is 0.116. The van der Waals surface area contributed by atoms with Crippen LogP contribution in [0.1, 0.15) is 17.5 Å². The minimum atomic E-state index is -0.762. The quantitative estimate of drug-likeness (QED) is 0.647. The van der Waals surface area contributed by atoms with Crippen molar-refractivity contribution in [1.82, 2.24) is 5.32 Å². The topological polar surface area (TPSA) is 90.7 Å². The van der Waals surface area contributed by atoms with Crippen molar-refractivity contribution in [2.24, 2.45) is 5.92 Å². The van der Waals surface area contributed by atoms with Crippen molar-refractivity contribution in [3.63, 3.8) is 0 Å². The lowest BCUT2D eigenvalue weighted by Gasteiger charge is -2.20. The molecule has 7 nitrogen and oxygen atoms in total. The van der Waals surface area contributed by atoms with Gasteiger partial charge in [0.05, 0.1) is 6.61 Å². The Morgan fingerprint density at radius 1 is 1.50 bits per heavy atom. The Labute approximate surface area is 125 Å². The summed E-state index contributed by atoms with van der Waals surface area (Å²) in [5.41, 5.74) is 1.29.